The monoisotopic (exact) mass is 396 g/mol. The number of carbonyl (C=O) groups is 2. The largest absolute Gasteiger partial charge is 0.304 e. The van der Waals surface area contributed by atoms with E-state index in [1.165, 1.54) is 0 Å². The molecule has 0 unspecified atom stereocenters. The normalized spacial score (nSPS) is 10.6. The van der Waals surface area contributed by atoms with Crippen molar-refractivity contribution in [2.75, 3.05) is 5.32 Å². The summed E-state index contributed by atoms with van der Waals surface area (Å²) in [5, 5.41) is 7.02. The van der Waals surface area contributed by atoms with Gasteiger partial charge in [0, 0.05) is 11.8 Å². The molecule has 1 N–H and O–H groups in total. The Morgan fingerprint density at radius 1 is 0.833 bits per heavy atom. The summed E-state index contributed by atoms with van der Waals surface area (Å²) in [7, 11) is 0. The highest BCUT2D eigenvalue weighted by Crippen LogP contribution is 2.21. The molecule has 0 aliphatic rings. The second kappa shape index (κ2) is 8.13. The first kappa shape index (κ1) is 19.3. The zero-order valence-electron chi connectivity index (χ0n) is 16.7. The van der Waals surface area contributed by atoms with Gasteiger partial charge in [0.1, 0.15) is 5.82 Å². The number of hydrogen-bond donors (Lipinski definition) is 1. The van der Waals surface area contributed by atoms with Crippen LogP contribution in [0.25, 0.3) is 16.8 Å². The van der Waals surface area contributed by atoms with Gasteiger partial charge in [-0.25, -0.2) is 9.67 Å². The second-order valence-corrected chi connectivity index (χ2v) is 6.87. The number of nitrogens with one attached hydrogen (secondary N) is 1. The molecule has 6 nitrogen and oxygen atoms in total. The maximum Gasteiger partial charge on any atom is 0.298 e. The Hall–Kier alpha value is -4.06. The highest BCUT2D eigenvalue weighted by atomic mass is 16.2. The van der Waals surface area contributed by atoms with Gasteiger partial charge in [-0.3, -0.25) is 9.59 Å². The molecule has 6 heteroatoms. The van der Waals surface area contributed by atoms with Crippen molar-refractivity contribution < 1.29 is 9.59 Å². The fraction of sp³-hybridized carbons (Fsp3) is 0.0833. The van der Waals surface area contributed by atoms with Gasteiger partial charge in [-0.15, -0.1) is 0 Å². The van der Waals surface area contributed by atoms with E-state index >= 15 is 0 Å². The van der Waals surface area contributed by atoms with Crippen LogP contribution in [-0.2, 0) is 4.79 Å². The summed E-state index contributed by atoms with van der Waals surface area (Å²) in [6.45, 7) is 3.50. The molecule has 0 aliphatic heterocycles. The summed E-state index contributed by atoms with van der Waals surface area (Å²) in [6, 6.07) is 22.8. The molecular weight excluding hydrogens is 376 g/mol. The summed E-state index contributed by atoms with van der Waals surface area (Å²) < 4.78 is 1.67. The number of hydrogen-bond acceptors (Lipinski definition) is 4. The lowest BCUT2D eigenvalue weighted by molar-refractivity contribution is -0.112. The summed E-state index contributed by atoms with van der Waals surface area (Å²) in [4.78, 5) is 29.7. The fourth-order valence-electron chi connectivity index (χ4n) is 3.35. The highest BCUT2D eigenvalue weighted by Gasteiger charge is 2.25. The van der Waals surface area contributed by atoms with Crippen LogP contribution in [-0.4, -0.2) is 26.5 Å². The van der Waals surface area contributed by atoms with E-state index in [1.807, 2.05) is 66.7 Å². The van der Waals surface area contributed by atoms with E-state index in [9.17, 15) is 9.59 Å². The Morgan fingerprint density at radius 2 is 1.50 bits per heavy atom. The number of carbonyl (C=O) groups excluding carboxylic acids is 2. The van der Waals surface area contributed by atoms with Crippen molar-refractivity contribution in [3.05, 3.63) is 95.9 Å². The molecule has 2 heterocycles. The van der Waals surface area contributed by atoms with Gasteiger partial charge in [-0.2, -0.15) is 5.10 Å². The van der Waals surface area contributed by atoms with Crippen LogP contribution in [0.15, 0.2) is 79.0 Å². The van der Waals surface area contributed by atoms with Crippen LogP contribution in [0, 0.1) is 13.8 Å². The predicted molar refractivity (Wildman–Crippen MR) is 116 cm³/mol. The molecule has 0 bridgehead atoms. The molecule has 0 atom stereocenters. The molecule has 1 amide bonds. The fourth-order valence-corrected chi connectivity index (χ4v) is 3.35. The first-order chi connectivity index (χ1) is 14.5. The summed E-state index contributed by atoms with van der Waals surface area (Å²) in [6.07, 6.45) is 1.67. The van der Waals surface area contributed by atoms with Crippen LogP contribution in [0.1, 0.15) is 21.7 Å². The van der Waals surface area contributed by atoms with Crippen LogP contribution in [0.4, 0.5) is 5.82 Å². The third kappa shape index (κ3) is 3.75. The summed E-state index contributed by atoms with van der Waals surface area (Å²) in [5.41, 5.74) is 4.21. The number of Topliss-reactive ketones (excluding diaryl/α,β-unsaturated/α-hetero) is 1. The Morgan fingerprint density at radius 3 is 2.13 bits per heavy atom. The molecule has 2 aromatic heterocycles. The van der Waals surface area contributed by atoms with Crippen molar-refractivity contribution >= 4 is 17.5 Å². The quantitative estimate of drug-likeness (QED) is 0.401. The Balaban J connectivity index is 1.53. The van der Waals surface area contributed by atoms with E-state index in [0.29, 0.717) is 22.8 Å². The number of pyridine rings is 1. The molecule has 4 aromatic rings. The topological polar surface area (TPSA) is 76.9 Å². The minimum atomic E-state index is -0.742. The van der Waals surface area contributed by atoms with E-state index < -0.39 is 11.7 Å². The molecule has 148 valence electrons. The summed E-state index contributed by atoms with van der Waals surface area (Å²) in [5.74, 6) is -1.06. The maximum absolute atomic E-state index is 12.8. The number of anilines is 1. The van der Waals surface area contributed by atoms with Crippen molar-refractivity contribution in [3.63, 3.8) is 0 Å². The highest BCUT2D eigenvalue weighted by molar-refractivity contribution is 6.47. The van der Waals surface area contributed by atoms with E-state index in [-0.39, 0.29) is 0 Å². The standard InChI is InChI=1S/C24H20N4O2/c1-16-22(17(2)28(27-16)20-11-7-4-8-12-20)23(29)24(30)26-21-14-13-19(15-25-21)18-9-5-3-6-10-18/h3-15H,1-2H3,(H,25,26,30). The smallest absolute Gasteiger partial charge is 0.298 e. The average molecular weight is 396 g/mol. The van der Waals surface area contributed by atoms with Gasteiger partial charge in [-0.1, -0.05) is 48.5 Å². The van der Waals surface area contributed by atoms with Crippen molar-refractivity contribution in [3.8, 4) is 16.8 Å². The zero-order valence-corrected chi connectivity index (χ0v) is 16.7. The van der Waals surface area contributed by atoms with Crippen molar-refractivity contribution in [1.29, 1.82) is 0 Å². The molecule has 0 saturated heterocycles. The minimum Gasteiger partial charge on any atom is -0.304 e. The second-order valence-electron chi connectivity index (χ2n) is 6.87. The van der Waals surface area contributed by atoms with Crippen molar-refractivity contribution in [1.82, 2.24) is 14.8 Å². The van der Waals surface area contributed by atoms with Gasteiger partial charge in [0.25, 0.3) is 11.7 Å². The van der Waals surface area contributed by atoms with Crippen LogP contribution in [0.5, 0.6) is 0 Å². The van der Waals surface area contributed by atoms with Gasteiger partial charge in [0.15, 0.2) is 0 Å². The van der Waals surface area contributed by atoms with Crippen LogP contribution >= 0.6 is 0 Å². The SMILES string of the molecule is Cc1nn(-c2ccccc2)c(C)c1C(=O)C(=O)Nc1ccc(-c2ccccc2)cn1. The van der Waals surface area contributed by atoms with Gasteiger partial charge in [-0.05, 0) is 43.7 Å². The molecular formula is C24H20N4O2. The first-order valence-corrected chi connectivity index (χ1v) is 9.53. The lowest BCUT2D eigenvalue weighted by Crippen LogP contribution is -2.24. The van der Waals surface area contributed by atoms with Gasteiger partial charge in [0.05, 0.1) is 22.6 Å². The first-order valence-electron chi connectivity index (χ1n) is 9.53. The minimum absolute atomic E-state index is 0.303. The maximum atomic E-state index is 12.8. The third-order valence-corrected chi connectivity index (χ3v) is 4.84. The van der Waals surface area contributed by atoms with E-state index in [4.69, 9.17) is 0 Å². The van der Waals surface area contributed by atoms with Crippen LogP contribution in [0.2, 0.25) is 0 Å². The predicted octanol–water partition coefficient (Wildman–Crippen LogP) is 4.37. The van der Waals surface area contributed by atoms with E-state index in [2.05, 4.69) is 15.4 Å². The molecule has 0 fully saturated rings. The molecule has 0 saturated carbocycles. The number of ketones is 1. The number of benzene rings is 2. The van der Waals surface area contributed by atoms with E-state index in [0.717, 1.165) is 16.8 Å². The molecule has 0 radical (unpaired) electrons. The number of aromatic nitrogens is 3. The number of aryl methyl sites for hydroxylation is 1. The Bertz CT molecular complexity index is 1200. The molecule has 4 rings (SSSR count). The molecule has 2 aromatic carbocycles. The van der Waals surface area contributed by atoms with Gasteiger partial charge in [0.2, 0.25) is 0 Å². The van der Waals surface area contributed by atoms with Crippen LogP contribution < -0.4 is 5.32 Å². The van der Waals surface area contributed by atoms with E-state index in [1.54, 1.807) is 30.8 Å². The van der Waals surface area contributed by atoms with Crippen molar-refractivity contribution in [2.45, 2.75) is 13.8 Å². The Kier molecular flexibility index (Phi) is 5.22. The lowest BCUT2D eigenvalue weighted by atomic mass is 10.1. The molecule has 30 heavy (non-hydrogen) atoms. The summed E-state index contributed by atoms with van der Waals surface area (Å²) >= 11 is 0. The zero-order chi connectivity index (χ0) is 21.1. The molecule has 0 aliphatic carbocycles. The van der Waals surface area contributed by atoms with Gasteiger partial charge >= 0.3 is 0 Å². The average Bonchev–Trinajstić information content (AvgIpc) is 3.08. The lowest BCUT2D eigenvalue weighted by Gasteiger charge is -2.07. The number of rotatable bonds is 5. The Labute approximate surface area is 174 Å². The number of nitrogens with zero attached hydrogens (tertiary/aromatic N) is 3. The molecule has 0 spiro atoms. The number of para-hydroxylation sites is 1. The van der Waals surface area contributed by atoms with Crippen molar-refractivity contribution in [2.24, 2.45) is 0 Å². The number of amides is 1. The van der Waals surface area contributed by atoms with Crippen LogP contribution in [0.3, 0.4) is 0 Å². The van der Waals surface area contributed by atoms with Gasteiger partial charge < -0.3 is 5.32 Å². The third-order valence-electron chi connectivity index (χ3n) is 4.84.